The van der Waals surface area contributed by atoms with Gasteiger partial charge in [0.25, 0.3) is 0 Å². The number of ether oxygens (including phenoxy) is 1. The summed E-state index contributed by atoms with van der Waals surface area (Å²) < 4.78 is 24.1. The summed E-state index contributed by atoms with van der Waals surface area (Å²) in [6, 6.07) is 14.2. The molecule has 0 aliphatic carbocycles. The smallest absolute Gasteiger partial charge is 0.226 e. The molecule has 0 radical (unpaired) electrons. The van der Waals surface area contributed by atoms with Gasteiger partial charge in [-0.05, 0) is 49.4 Å². The summed E-state index contributed by atoms with van der Waals surface area (Å²) in [6.07, 6.45) is 1.96. The third kappa shape index (κ3) is 6.38. The van der Waals surface area contributed by atoms with Crippen LogP contribution in [0.25, 0.3) is 0 Å². The number of rotatable bonds is 8. The van der Waals surface area contributed by atoms with Crippen molar-refractivity contribution in [2.75, 3.05) is 20.1 Å². The van der Waals surface area contributed by atoms with Crippen LogP contribution in [0.4, 0.5) is 4.39 Å². The van der Waals surface area contributed by atoms with E-state index in [0.717, 1.165) is 47.7 Å². The lowest BCUT2D eigenvalue weighted by atomic mass is 10.1. The zero-order valence-electron chi connectivity index (χ0n) is 19.0. The average molecular weight is 453 g/mol. The van der Waals surface area contributed by atoms with E-state index in [9.17, 15) is 9.18 Å². The van der Waals surface area contributed by atoms with Crippen LogP contribution in [0.2, 0.25) is 0 Å². The summed E-state index contributed by atoms with van der Waals surface area (Å²) in [5, 5.41) is 7.77. The van der Waals surface area contributed by atoms with Gasteiger partial charge in [-0.25, -0.2) is 9.02 Å². The van der Waals surface area contributed by atoms with Gasteiger partial charge in [0.15, 0.2) is 0 Å². The number of hydrogen-bond acceptors (Lipinski definition) is 6. The monoisotopic (exact) mass is 452 g/mol. The van der Waals surface area contributed by atoms with E-state index < -0.39 is 0 Å². The SMILES string of the molecule is Cc1nonc1CN(C)Cc1cccc(OC2CCN(C(=O)Cc3ccc(F)cc3)CC2)c1. The number of halogens is 1. The maximum absolute atomic E-state index is 13.1. The highest BCUT2D eigenvalue weighted by atomic mass is 19.1. The van der Waals surface area contributed by atoms with E-state index in [1.807, 2.05) is 31.0 Å². The molecule has 0 N–H and O–H groups in total. The Morgan fingerprint density at radius 1 is 1.12 bits per heavy atom. The quantitative estimate of drug-likeness (QED) is 0.518. The van der Waals surface area contributed by atoms with Crippen molar-refractivity contribution in [2.24, 2.45) is 0 Å². The highest BCUT2D eigenvalue weighted by molar-refractivity contribution is 5.78. The normalized spacial score (nSPS) is 14.6. The number of piperidine rings is 1. The van der Waals surface area contributed by atoms with E-state index in [4.69, 9.17) is 9.37 Å². The molecule has 174 valence electrons. The van der Waals surface area contributed by atoms with Crippen LogP contribution in [-0.2, 0) is 24.3 Å². The topological polar surface area (TPSA) is 71.7 Å². The first-order valence-electron chi connectivity index (χ1n) is 11.2. The van der Waals surface area contributed by atoms with Crippen molar-refractivity contribution < 1.29 is 18.6 Å². The molecule has 1 fully saturated rings. The van der Waals surface area contributed by atoms with E-state index in [-0.39, 0.29) is 17.8 Å². The van der Waals surface area contributed by atoms with Crippen molar-refractivity contribution in [2.45, 2.75) is 45.4 Å². The van der Waals surface area contributed by atoms with Gasteiger partial charge in [-0.2, -0.15) is 0 Å². The highest BCUT2D eigenvalue weighted by Gasteiger charge is 2.24. The maximum atomic E-state index is 13.1. The molecule has 1 aliphatic rings. The second-order valence-corrected chi connectivity index (χ2v) is 8.62. The Labute approximate surface area is 193 Å². The van der Waals surface area contributed by atoms with Gasteiger partial charge in [0.05, 0.1) is 6.42 Å². The lowest BCUT2D eigenvalue weighted by Crippen LogP contribution is -2.42. The largest absolute Gasteiger partial charge is 0.490 e. The molecule has 8 heteroatoms. The van der Waals surface area contributed by atoms with E-state index in [0.29, 0.717) is 26.1 Å². The van der Waals surface area contributed by atoms with Crippen molar-refractivity contribution in [3.63, 3.8) is 0 Å². The van der Waals surface area contributed by atoms with Gasteiger partial charge < -0.3 is 9.64 Å². The molecule has 33 heavy (non-hydrogen) atoms. The second kappa shape index (κ2) is 10.6. The number of aryl methyl sites for hydroxylation is 1. The number of nitrogens with zero attached hydrogens (tertiary/aromatic N) is 4. The summed E-state index contributed by atoms with van der Waals surface area (Å²) in [5.74, 6) is 0.626. The fraction of sp³-hybridized carbons (Fsp3) is 0.400. The Hall–Kier alpha value is -3.26. The first-order valence-corrected chi connectivity index (χ1v) is 11.2. The summed E-state index contributed by atoms with van der Waals surface area (Å²) in [4.78, 5) is 16.6. The molecular formula is C25H29FN4O3. The highest BCUT2D eigenvalue weighted by Crippen LogP contribution is 2.22. The van der Waals surface area contributed by atoms with Crippen molar-refractivity contribution in [1.82, 2.24) is 20.1 Å². The van der Waals surface area contributed by atoms with Gasteiger partial charge in [0.1, 0.15) is 29.1 Å². The number of carbonyl (C=O) groups excluding carboxylic acids is 1. The van der Waals surface area contributed by atoms with Crippen LogP contribution in [0.5, 0.6) is 5.75 Å². The zero-order chi connectivity index (χ0) is 23.2. The van der Waals surface area contributed by atoms with Crippen LogP contribution in [0, 0.1) is 12.7 Å². The molecule has 0 spiro atoms. The molecule has 7 nitrogen and oxygen atoms in total. The fourth-order valence-corrected chi connectivity index (χ4v) is 4.04. The minimum Gasteiger partial charge on any atom is -0.490 e. The molecule has 0 bridgehead atoms. The Morgan fingerprint density at radius 3 is 2.58 bits per heavy atom. The summed E-state index contributed by atoms with van der Waals surface area (Å²) in [6.45, 7) is 4.62. The molecule has 1 aromatic heterocycles. The first kappa shape index (κ1) is 22.9. The van der Waals surface area contributed by atoms with Crippen LogP contribution in [-0.4, -0.2) is 52.3 Å². The van der Waals surface area contributed by atoms with E-state index >= 15 is 0 Å². The van der Waals surface area contributed by atoms with Crippen molar-refractivity contribution in [1.29, 1.82) is 0 Å². The predicted octanol–water partition coefficient (Wildman–Crippen LogP) is 3.76. The number of likely N-dealkylation sites (tertiary alicyclic amines) is 1. The zero-order valence-corrected chi connectivity index (χ0v) is 19.0. The summed E-state index contributed by atoms with van der Waals surface area (Å²) >= 11 is 0. The molecule has 2 aromatic carbocycles. The lowest BCUT2D eigenvalue weighted by molar-refractivity contribution is -0.132. The van der Waals surface area contributed by atoms with Gasteiger partial charge in [-0.15, -0.1) is 0 Å². The molecule has 1 amide bonds. The number of hydrogen-bond donors (Lipinski definition) is 0. The lowest BCUT2D eigenvalue weighted by Gasteiger charge is -2.32. The van der Waals surface area contributed by atoms with Crippen molar-refractivity contribution >= 4 is 5.91 Å². The summed E-state index contributed by atoms with van der Waals surface area (Å²) in [7, 11) is 2.03. The molecule has 0 atom stereocenters. The van der Waals surface area contributed by atoms with Gasteiger partial charge in [0.2, 0.25) is 5.91 Å². The van der Waals surface area contributed by atoms with Crippen LogP contribution < -0.4 is 4.74 Å². The van der Waals surface area contributed by atoms with E-state index in [2.05, 4.69) is 27.3 Å². The first-order chi connectivity index (χ1) is 16.0. The molecule has 2 heterocycles. The van der Waals surface area contributed by atoms with Crippen LogP contribution >= 0.6 is 0 Å². The third-order valence-electron chi connectivity index (χ3n) is 5.88. The Morgan fingerprint density at radius 2 is 1.88 bits per heavy atom. The maximum Gasteiger partial charge on any atom is 0.226 e. The molecule has 4 rings (SSSR count). The number of amides is 1. The van der Waals surface area contributed by atoms with E-state index in [1.165, 1.54) is 12.1 Å². The average Bonchev–Trinajstić information content (AvgIpc) is 3.20. The Balaban J connectivity index is 1.25. The summed E-state index contributed by atoms with van der Waals surface area (Å²) in [5.41, 5.74) is 3.62. The fourth-order valence-electron chi connectivity index (χ4n) is 4.04. The molecule has 1 aliphatic heterocycles. The molecule has 0 saturated carbocycles. The van der Waals surface area contributed by atoms with Crippen molar-refractivity contribution in [3.8, 4) is 5.75 Å². The molecule has 1 saturated heterocycles. The number of benzene rings is 2. The molecular weight excluding hydrogens is 423 g/mol. The van der Waals surface area contributed by atoms with Crippen LogP contribution in [0.1, 0.15) is 35.4 Å². The predicted molar refractivity (Wildman–Crippen MR) is 121 cm³/mol. The second-order valence-electron chi connectivity index (χ2n) is 8.62. The third-order valence-corrected chi connectivity index (χ3v) is 5.88. The van der Waals surface area contributed by atoms with Gasteiger partial charge in [-0.3, -0.25) is 9.69 Å². The Bertz CT molecular complexity index is 1060. The van der Waals surface area contributed by atoms with Crippen LogP contribution in [0.3, 0.4) is 0 Å². The minimum absolute atomic E-state index is 0.0719. The van der Waals surface area contributed by atoms with E-state index in [1.54, 1.807) is 12.1 Å². The number of aromatic nitrogens is 2. The molecule has 3 aromatic rings. The van der Waals surface area contributed by atoms with Gasteiger partial charge in [-0.1, -0.05) is 34.6 Å². The number of carbonyl (C=O) groups is 1. The van der Waals surface area contributed by atoms with Crippen LogP contribution in [0.15, 0.2) is 53.2 Å². The molecule has 0 unspecified atom stereocenters. The standard InChI is InChI=1S/C25H29FN4O3/c1-18-24(28-33-27-18)17-29(2)16-20-4-3-5-23(14-20)32-22-10-12-30(13-11-22)25(31)15-19-6-8-21(26)9-7-19/h3-9,14,22H,10-13,15-17H2,1-2H3. The van der Waals surface area contributed by atoms with Gasteiger partial charge >= 0.3 is 0 Å². The van der Waals surface area contributed by atoms with Gasteiger partial charge in [0, 0.05) is 39.0 Å². The Kier molecular flexibility index (Phi) is 7.34. The van der Waals surface area contributed by atoms with Crippen molar-refractivity contribution in [3.05, 3.63) is 76.9 Å². The minimum atomic E-state index is -0.290.